The summed E-state index contributed by atoms with van der Waals surface area (Å²) in [5.74, 6) is 0. The molecule has 0 spiro atoms. The highest BCUT2D eigenvalue weighted by molar-refractivity contribution is 7.09. The van der Waals surface area contributed by atoms with Gasteiger partial charge in [0.15, 0.2) is 0 Å². The Morgan fingerprint density at radius 1 is 1.67 bits per heavy atom. The second-order valence-corrected chi connectivity index (χ2v) is 5.44. The van der Waals surface area contributed by atoms with Crippen LogP contribution >= 0.6 is 11.3 Å². The van der Waals surface area contributed by atoms with Crippen LogP contribution in [0.1, 0.15) is 18.2 Å². The van der Waals surface area contributed by atoms with Crippen LogP contribution in [0.5, 0.6) is 0 Å². The van der Waals surface area contributed by atoms with Gasteiger partial charge < -0.3 is 10.1 Å². The molecule has 0 radical (unpaired) electrons. The van der Waals surface area contributed by atoms with E-state index in [1.165, 1.54) is 11.3 Å². The maximum Gasteiger partial charge on any atom is 0.0619 e. The summed E-state index contributed by atoms with van der Waals surface area (Å²) < 4.78 is 5.73. The molecule has 0 bridgehead atoms. The molecule has 1 aromatic rings. The van der Waals surface area contributed by atoms with Crippen molar-refractivity contribution in [3.63, 3.8) is 0 Å². The second-order valence-electron chi connectivity index (χ2n) is 4.41. The van der Waals surface area contributed by atoms with Crippen molar-refractivity contribution in [1.29, 1.82) is 0 Å². The van der Waals surface area contributed by atoms with Crippen molar-refractivity contribution in [3.05, 3.63) is 22.4 Å². The lowest BCUT2D eigenvalue weighted by molar-refractivity contribution is 0.0644. The van der Waals surface area contributed by atoms with E-state index in [2.05, 4.69) is 29.8 Å². The molecule has 0 aliphatic carbocycles. The molecular formula is C12H19NOS. The lowest BCUT2D eigenvalue weighted by Crippen LogP contribution is -2.39. The summed E-state index contributed by atoms with van der Waals surface area (Å²) in [6.45, 7) is 4.16. The molecular weight excluding hydrogens is 206 g/mol. The molecule has 1 aliphatic rings. The molecule has 1 saturated heterocycles. The molecule has 1 N–H and O–H groups in total. The molecule has 1 aromatic heterocycles. The predicted octanol–water partition coefficient (Wildman–Crippen LogP) is 2.31. The number of hydrogen-bond donors (Lipinski definition) is 1. The molecule has 15 heavy (non-hydrogen) atoms. The molecule has 2 unspecified atom stereocenters. The van der Waals surface area contributed by atoms with Crippen molar-refractivity contribution in [2.24, 2.45) is 5.41 Å². The van der Waals surface area contributed by atoms with Crippen molar-refractivity contribution in [1.82, 2.24) is 5.32 Å². The zero-order valence-electron chi connectivity index (χ0n) is 9.45. The summed E-state index contributed by atoms with van der Waals surface area (Å²) in [5.41, 5.74) is 0.305. The third-order valence-electron chi connectivity index (χ3n) is 3.47. The number of thiophene rings is 1. The van der Waals surface area contributed by atoms with E-state index in [1.54, 1.807) is 0 Å². The Morgan fingerprint density at radius 3 is 3.07 bits per heavy atom. The van der Waals surface area contributed by atoms with E-state index >= 15 is 0 Å². The van der Waals surface area contributed by atoms with Crippen LogP contribution in [0.25, 0.3) is 0 Å². The molecule has 1 aliphatic heterocycles. The molecule has 0 aromatic carbocycles. The maximum absolute atomic E-state index is 5.73. The zero-order valence-corrected chi connectivity index (χ0v) is 10.3. The number of nitrogens with one attached hydrogen (secondary N) is 1. The molecule has 0 amide bonds. The van der Waals surface area contributed by atoms with Crippen LogP contribution in [0.4, 0.5) is 0 Å². The van der Waals surface area contributed by atoms with Gasteiger partial charge in [-0.25, -0.2) is 0 Å². The number of ether oxygens (including phenoxy) is 1. The minimum absolute atomic E-state index is 0.305. The summed E-state index contributed by atoms with van der Waals surface area (Å²) in [4.78, 5) is 1.47. The first kappa shape index (κ1) is 11.1. The fourth-order valence-electron chi connectivity index (χ4n) is 2.46. The van der Waals surface area contributed by atoms with Gasteiger partial charge in [0, 0.05) is 23.4 Å². The summed E-state index contributed by atoms with van der Waals surface area (Å²) >= 11 is 1.85. The average Bonchev–Trinajstić information content (AvgIpc) is 2.80. The Morgan fingerprint density at radius 2 is 2.53 bits per heavy atom. The molecule has 1 fully saturated rings. The minimum atomic E-state index is 0.305. The zero-order chi connectivity index (χ0) is 10.7. The number of hydrogen-bond acceptors (Lipinski definition) is 3. The van der Waals surface area contributed by atoms with Gasteiger partial charge in [-0.05, 0) is 38.3 Å². The monoisotopic (exact) mass is 225 g/mol. The molecule has 2 nitrogen and oxygen atoms in total. The van der Waals surface area contributed by atoms with Gasteiger partial charge in [0.1, 0.15) is 0 Å². The van der Waals surface area contributed by atoms with Gasteiger partial charge in [0.25, 0.3) is 0 Å². The van der Waals surface area contributed by atoms with Gasteiger partial charge in [0.05, 0.1) is 6.10 Å². The molecule has 0 saturated carbocycles. The molecule has 2 rings (SSSR count). The first-order chi connectivity index (χ1) is 7.27. The lowest BCUT2D eigenvalue weighted by Gasteiger charge is -2.31. The van der Waals surface area contributed by atoms with Crippen LogP contribution in [0.2, 0.25) is 0 Å². The third-order valence-corrected chi connectivity index (χ3v) is 4.34. The smallest absolute Gasteiger partial charge is 0.0619 e. The van der Waals surface area contributed by atoms with Crippen LogP contribution in [0.3, 0.4) is 0 Å². The van der Waals surface area contributed by atoms with E-state index in [0.29, 0.717) is 11.5 Å². The van der Waals surface area contributed by atoms with E-state index < -0.39 is 0 Å². The predicted molar refractivity (Wildman–Crippen MR) is 64.4 cm³/mol. The van der Waals surface area contributed by atoms with Crippen LogP contribution in [0, 0.1) is 5.41 Å². The van der Waals surface area contributed by atoms with E-state index in [1.807, 2.05) is 18.4 Å². The van der Waals surface area contributed by atoms with Crippen molar-refractivity contribution in [2.75, 3.05) is 20.2 Å². The maximum atomic E-state index is 5.73. The van der Waals surface area contributed by atoms with Gasteiger partial charge in [-0.1, -0.05) is 6.07 Å². The Kier molecular flexibility index (Phi) is 3.44. The van der Waals surface area contributed by atoms with E-state index in [9.17, 15) is 0 Å². The van der Waals surface area contributed by atoms with Crippen LogP contribution < -0.4 is 5.32 Å². The minimum Gasteiger partial charge on any atom is -0.378 e. The second kappa shape index (κ2) is 4.64. The fourth-order valence-corrected chi connectivity index (χ4v) is 3.32. The summed E-state index contributed by atoms with van der Waals surface area (Å²) in [5, 5.41) is 5.47. The first-order valence-corrected chi connectivity index (χ1v) is 6.43. The summed E-state index contributed by atoms with van der Waals surface area (Å²) in [6, 6.07) is 4.36. The standard InChI is InChI=1S/C12H19NOS/c1-10-12(9-13-2,5-6-14-10)8-11-4-3-7-15-11/h3-4,7,10,13H,5-6,8-9H2,1-2H3. The first-order valence-electron chi connectivity index (χ1n) is 5.55. The summed E-state index contributed by atoms with van der Waals surface area (Å²) in [7, 11) is 2.03. The third kappa shape index (κ3) is 2.25. The van der Waals surface area contributed by atoms with Crippen LogP contribution in [0.15, 0.2) is 17.5 Å². The van der Waals surface area contributed by atoms with Gasteiger partial charge in [-0.15, -0.1) is 11.3 Å². The quantitative estimate of drug-likeness (QED) is 0.849. The average molecular weight is 225 g/mol. The Hall–Kier alpha value is -0.380. The molecule has 2 atom stereocenters. The van der Waals surface area contributed by atoms with Gasteiger partial charge in [0.2, 0.25) is 0 Å². The Labute approximate surface area is 95.6 Å². The normalized spacial score (nSPS) is 30.9. The summed E-state index contributed by atoms with van der Waals surface area (Å²) in [6.07, 6.45) is 2.69. The van der Waals surface area contributed by atoms with E-state index in [-0.39, 0.29) is 0 Å². The number of rotatable bonds is 4. The van der Waals surface area contributed by atoms with Gasteiger partial charge in [-0.2, -0.15) is 0 Å². The van der Waals surface area contributed by atoms with Crippen molar-refractivity contribution < 1.29 is 4.74 Å². The fraction of sp³-hybridized carbons (Fsp3) is 0.667. The van der Waals surface area contributed by atoms with Gasteiger partial charge >= 0.3 is 0 Å². The largest absolute Gasteiger partial charge is 0.378 e. The lowest BCUT2D eigenvalue weighted by atomic mass is 9.78. The molecule has 84 valence electrons. The Bertz CT molecular complexity index is 299. The topological polar surface area (TPSA) is 21.3 Å². The van der Waals surface area contributed by atoms with Crippen LogP contribution in [-0.2, 0) is 11.2 Å². The van der Waals surface area contributed by atoms with Crippen molar-refractivity contribution in [3.8, 4) is 0 Å². The highest BCUT2D eigenvalue weighted by atomic mass is 32.1. The molecule has 3 heteroatoms. The Balaban J connectivity index is 2.12. The highest BCUT2D eigenvalue weighted by Crippen LogP contribution is 2.38. The van der Waals surface area contributed by atoms with E-state index in [4.69, 9.17) is 4.74 Å². The van der Waals surface area contributed by atoms with Gasteiger partial charge in [-0.3, -0.25) is 0 Å². The SMILES string of the molecule is CNCC1(Cc2cccs2)CCOC1C. The van der Waals surface area contributed by atoms with Crippen molar-refractivity contribution in [2.45, 2.75) is 25.9 Å². The van der Waals surface area contributed by atoms with Crippen molar-refractivity contribution >= 4 is 11.3 Å². The molecule has 2 heterocycles. The highest BCUT2D eigenvalue weighted by Gasteiger charge is 2.41. The van der Waals surface area contributed by atoms with Crippen LogP contribution in [-0.4, -0.2) is 26.3 Å². The van der Waals surface area contributed by atoms with E-state index in [0.717, 1.165) is 19.6 Å².